The van der Waals surface area contributed by atoms with Crippen LogP contribution in [-0.4, -0.2) is 60.1 Å². The highest BCUT2D eigenvalue weighted by atomic mass is 127. The van der Waals surface area contributed by atoms with Crippen molar-refractivity contribution >= 4 is 62.9 Å². The number of halogens is 1. The number of nitrogens with zero attached hydrogens (tertiary/aromatic N) is 4. The highest BCUT2D eigenvalue weighted by molar-refractivity contribution is 14.1. The molecule has 0 radical (unpaired) electrons. The van der Waals surface area contributed by atoms with Crippen LogP contribution in [0, 0.1) is 13.7 Å². The molecule has 0 spiro atoms. The van der Waals surface area contributed by atoms with Gasteiger partial charge in [0.25, 0.3) is 11.6 Å². The Morgan fingerprint density at radius 2 is 1.61 bits per heavy atom. The highest BCUT2D eigenvalue weighted by Crippen LogP contribution is 2.34. The lowest BCUT2D eigenvalue weighted by molar-refractivity contribution is -0.384. The summed E-state index contributed by atoms with van der Waals surface area (Å²) in [6.07, 6.45) is 3.29. The molecule has 2 aliphatic heterocycles. The molecule has 2 aromatic rings. The number of thiocarbonyl (C=S) groups is 1. The summed E-state index contributed by atoms with van der Waals surface area (Å²) in [5.41, 5.74) is 2.43. The number of hydrogen-bond donors (Lipinski definition) is 1. The Balaban J connectivity index is 1.39. The summed E-state index contributed by atoms with van der Waals surface area (Å²) in [6.45, 7) is 4.48. The van der Waals surface area contributed by atoms with Gasteiger partial charge >= 0.3 is 0 Å². The van der Waals surface area contributed by atoms with Crippen LogP contribution in [0.4, 0.5) is 17.1 Å². The standard InChI is InChI=1S/C23H26IN5O3S/c24-18-6-4-17(5-7-18)22(30)25-23(33)28-14-12-26(13-15-28)19-8-9-20(29(31)32)21(16-19)27-10-2-1-3-11-27/h4-9,16H,1-3,10-15H2,(H,25,30,33). The van der Waals surface area contributed by atoms with E-state index in [9.17, 15) is 14.9 Å². The van der Waals surface area contributed by atoms with Gasteiger partial charge in [0, 0.05) is 60.2 Å². The molecule has 33 heavy (non-hydrogen) atoms. The molecule has 8 nitrogen and oxygen atoms in total. The van der Waals surface area contributed by atoms with Gasteiger partial charge in [-0.15, -0.1) is 0 Å². The number of rotatable bonds is 4. The quantitative estimate of drug-likeness (QED) is 0.254. The van der Waals surface area contributed by atoms with E-state index >= 15 is 0 Å². The first-order valence-electron chi connectivity index (χ1n) is 11.1. The molecule has 0 bridgehead atoms. The zero-order chi connectivity index (χ0) is 23.4. The molecule has 2 aliphatic rings. The van der Waals surface area contributed by atoms with Gasteiger partial charge < -0.3 is 14.7 Å². The fourth-order valence-electron chi connectivity index (χ4n) is 4.27. The van der Waals surface area contributed by atoms with E-state index < -0.39 is 0 Å². The topological polar surface area (TPSA) is 82.0 Å². The Morgan fingerprint density at radius 1 is 0.939 bits per heavy atom. The van der Waals surface area contributed by atoms with Crippen LogP contribution in [0.15, 0.2) is 42.5 Å². The molecule has 2 heterocycles. The lowest BCUT2D eigenvalue weighted by Gasteiger charge is -2.37. The van der Waals surface area contributed by atoms with Crippen molar-refractivity contribution in [3.63, 3.8) is 0 Å². The summed E-state index contributed by atoms with van der Waals surface area (Å²) in [5.74, 6) is -0.208. The van der Waals surface area contributed by atoms with Gasteiger partial charge in [-0.1, -0.05) is 0 Å². The second-order valence-corrected chi connectivity index (χ2v) is 9.85. The molecule has 0 aromatic heterocycles. The van der Waals surface area contributed by atoms with E-state index in [0.29, 0.717) is 29.5 Å². The van der Waals surface area contributed by atoms with Crippen molar-refractivity contribution in [1.29, 1.82) is 0 Å². The average Bonchev–Trinajstić information content (AvgIpc) is 2.84. The zero-order valence-corrected chi connectivity index (χ0v) is 21.2. The third-order valence-corrected chi connectivity index (χ3v) is 7.19. The van der Waals surface area contributed by atoms with Crippen molar-refractivity contribution in [2.45, 2.75) is 19.3 Å². The van der Waals surface area contributed by atoms with Crippen molar-refractivity contribution in [2.75, 3.05) is 49.1 Å². The first kappa shape index (κ1) is 23.7. The first-order chi connectivity index (χ1) is 15.9. The van der Waals surface area contributed by atoms with Crippen LogP contribution >= 0.6 is 34.8 Å². The molecule has 1 N–H and O–H groups in total. The molecule has 0 aliphatic carbocycles. The molecular weight excluding hydrogens is 553 g/mol. The van der Waals surface area contributed by atoms with Crippen LogP contribution in [0.2, 0.25) is 0 Å². The molecule has 1 amide bonds. The van der Waals surface area contributed by atoms with Gasteiger partial charge in [-0.2, -0.15) is 0 Å². The number of amides is 1. The molecule has 0 unspecified atom stereocenters. The van der Waals surface area contributed by atoms with Crippen molar-refractivity contribution in [1.82, 2.24) is 10.2 Å². The molecule has 0 saturated carbocycles. The number of piperazine rings is 1. The highest BCUT2D eigenvalue weighted by Gasteiger charge is 2.25. The van der Waals surface area contributed by atoms with Crippen LogP contribution in [-0.2, 0) is 0 Å². The molecule has 2 aromatic carbocycles. The second-order valence-electron chi connectivity index (χ2n) is 8.22. The number of anilines is 2. The molecule has 174 valence electrons. The maximum absolute atomic E-state index is 12.5. The Hall–Kier alpha value is -2.47. The number of nitro benzene ring substituents is 1. The van der Waals surface area contributed by atoms with Crippen LogP contribution in [0.25, 0.3) is 0 Å². The SMILES string of the molecule is O=C(NC(=S)N1CCN(c2ccc([N+](=O)[O-])c(N3CCCCC3)c2)CC1)c1ccc(I)cc1. The smallest absolute Gasteiger partial charge is 0.292 e. The van der Waals surface area contributed by atoms with E-state index in [2.05, 4.69) is 37.7 Å². The van der Waals surface area contributed by atoms with Crippen LogP contribution < -0.4 is 15.1 Å². The molecule has 4 rings (SSSR count). The monoisotopic (exact) mass is 579 g/mol. The van der Waals surface area contributed by atoms with Crippen molar-refractivity contribution in [3.05, 3.63) is 61.7 Å². The average molecular weight is 579 g/mol. The fraction of sp³-hybridized carbons (Fsp3) is 0.391. The van der Waals surface area contributed by atoms with E-state index in [1.165, 1.54) is 6.42 Å². The maximum Gasteiger partial charge on any atom is 0.292 e. The molecule has 10 heteroatoms. The van der Waals surface area contributed by atoms with Crippen LogP contribution in [0.5, 0.6) is 0 Å². The Morgan fingerprint density at radius 3 is 2.24 bits per heavy atom. The summed E-state index contributed by atoms with van der Waals surface area (Å²) in [4.78, 5) is 30.1. The first-order valence-corrected chi connectivity index (χ1v) is 12.6. The molecular formula is C23H26IN5O3S. The van der Waals surface area contributed by atoms with Crippen LogP contribution in [0.3, 0.4) is 0 Å². The van der Waals surface area contributed by atoms with Gasteiger partial charge in [0.2, 0.25) is 0 Å². The number of benzene rings is 2. The van der Waals surface area contributed by atoms with Crippen LogP contribution in [0.1, 0.15) is 29.6 Å². The van der Waals surface area contributed by atoms with Crippen molar-refractivity contribution < 1.29 is 9.72 Å². The van der Waals surface area contributed by atoms with Gasteiger partial charge in [-0.25, -0.2) is 0 Å². The van der Waals surface area contributed by atoms with E-state index in [0.717, 1.165) is 48.3 Å². The van der Waals surface area contributed by atoms with E-state index in [1.54, 1.807) is 18.2 Å². The summed E-state index contributed by atoms with van der Waals surface area (Å²) in [5, 5.41) is 14.8. The van der Waals surface area contributed by atoms with Gasteiger partial charge in [-0.3, -0.25) is 20.2 Å². The normalized spacial score (nSPS) is 16.5. The zero-order valence-electron chi connectivity index (χ0n) is 18.2. The van der Waals surface area contributed by atoms with E-state index in [-0.39, 0.29) is 16.5 Å². The lowest BCUT2D eigenvalue weighted by atomic mass is 10.1. The molecule has 0 atom stereocenters. The number of hydrogen-bond acceptors (Lipinski definition) is 6. The minimum atomic E-state index is -0.291. The number of carbonyl (C=O) groups is 1. The Labute approximate surface area is 212 Å². The van der Waals surface area contributed by atoms with Crippen molar-refractivity contribution in [2.24, 2.45) is 0 Å². The lowest BCUT2D eigenvalue weighted by Crippen LogP contribution is -2.52. The summed E-state index contributed by atoms with van der Waals surface area (Å²) in [6, 6.07) is 12.8. The number of nitro groups is 1. The minimum Gasteiger partial charge on any atom is -0.368 e. The van der Waals surface area contributed by atoms with Gasteiger partial charge in [0.1, 0.15) is 5.69 Å². The molecule has 2 fully saturated rings. The number of piperidine rings is 1. The van der Waals surface area contributed by atoms with Gasteiger partial charge in [0.15, 0.2) is 5.11 Å². The summed E-state index contributed by atoms with van der Waals surface area (Å²) in [7, 11) is 0. The maximum atomic E-state index is 12.5. The fourth-order valence-corrected chi connectivity index (χ4v) is 4.90. The minimum absolute atomic E-state index is 0.166. The van der Waals surface area contributed by atoms with E-state index in [1.807, 2.05) is 29.2 Å². The van der Waals surface area contributed by atoms with Gasteiger partial charge in [-0.05, 0) is 90.5 Å². The van der Waals surface area contributed by atoms with E-state index in [4.69, 9.17) is 12.2 Å². The Kier molecular flexibility index (Phi) is 7.63. The molecule has 2 saturated heterocycles. The third-order valence-electron chi connectivity index (χ3n) is 6.11. The second kappa shape index (κ2) is 10.6. The predicted molar refractivity (Wildman–Crippen MR) is 142 cm³/mol. The third kappa shape index (κ3) is 5.72. The predicted octanol–water partition coefficient (Wildman–Crippen LogP) is 4.03. The largest absolute Gasteiger partial charge is 0.368 e. The number of nitrogens with one attached hydrogen (secondary N) is 1. The summed E-state index contributed by atoms with van der Waals surface area (Å²) >= 11 is 7.68. The summed E-state index contributed by atoms with van der Waals surface area (Å²) < 4.78 is 1.07. The van der Waals surface area contributed by atoms with Gasteiger partial charge in [0.05, 0.1) is 4.92 Å². The Bertz CT molecular complexity index is 1030. The number of carbonyl (C=O) groups excluding carboxylic acids is 1. The van der Waals surface area contributed by atoms with Crippen molar-refractivity contribution in [3.8, 4) is 0 Å².